The molecule has 2 nitrogen and oxygen atoms in total. The first kappa shape index (κ1) is 18.2. The van der Waals surface area contributed by atoms with Gasteiger partial charge in [-0.05, 0) is 50.6 Å². The van der Waals surface area contributed by atoms with E-state index in [2.05, 4.69) is 0 Å². The lowest BCUT2D eigenvalue weighted by Gasteiger charge is -2.41. The molecular weight excluding hydrogens is 333 g/mol. The van der Waals surface area contributed by atoms with E-state index in [1.165, 1.54) is 16.8 Å². The van der Waals surface area contributed by atoms with Crippen molar-refractivity contribution < 1.29 is 19.4 Å². The number of rotatable bonds is 4. The molecule has 0 aliphatic heterocycles. The smallest absolute Gasteiger partial charge is 0.310 e. The first-order chi connectivity index (χ1) is 10.0. The molecule has 0 fully saturated rings. The lowest BCUT2D eigenvalue weighted by atomic mass is 9.57. The largest absolute Gasteiger partial charge is 0.358 e. The highest BCUT2D eigenvalue weighted by Crippen LogP contribution is 3.02. The summed E-state index contributed by atoms with van der Waals surface area (Å²) in [6.07, 6.45) is 1.39. The van der Waals surface area contributed by atoms with Gasteiger partial charge >= 0.3 is 10.2 Å². The zero-order valence-corrected chi connectivity index (χ0v) is 13.6. The summed E-state index contributed by atoms with van der Waals surface area (Å²) in [6, 6.07) is 2.65. The number of likely N-dealkylation sites (N-methyl/N-ethyl adjacent to an activating group) is 1. The van der Waals surface area contributed by atoms with Gasteiger partial charge in [0.1, 0.15) is 4.90 Å². The third kappa shape index (κ3) is 3.38. The summed E-state index contributed by atoms with van der Waals surface area (Å²) in [5, 5.41) is -1.44. The summed E-state index contributed by atoms with van der Waals surface area (Å²) in [5.74, 6) is 0. The minimum absolute atomic E-state index is 0.0121. The Labute approximate surface area is 134 Å². The predicted octanol–water partition coefficient (Wildman–Crippen LogP) is 4.20. The molecule has 10 heteroatoms. The zero-order valence-electron chi connectivity index (χ0n) is 12.8. The molecule has 0 aliphatic rings. The average molecular weight is 348 g/mol. The van der Waals surface area contributed by atoms with Crippen LogP contribution in [-0.4, -0.2) is 45.3 Å². The summed E-state index contributed by atoms with van der Waals surface area (Å²) in [7, 11) is 5.99. The summed E-state index contributed by atoms with van der Waals surface area (Å²) in [6.45, 7) is 1.74. The topological polar surface area (TPSA) is 8.17 Å². The van der Waals surface area contributed by atoms with Crippen molar-refractivity contribution in [2.24, 2.45) is 0 Å². The van der Waals surface area contributed by atoms with Gasteiger partial charge in [-0.15, -0.1) is 0 Å². The Kier molecular flexibility index (Phi) is 3.54. The zero-order chi connectivity index (χ0) is 17.9. The van der Waals surface area contributed by atoms with E-state index in [1.54, 1.807) is 25.9 Å². The molecule has 1 heterocycles. The molecule has 0 bridgehead atoms. The molecule has 4 radical (unpaired) electrons. The molecule has 1 atom stereocenters. The first-order valence-electron chi connectivity index (χ1n) is 6.64. The van der Waals surface area contributed by atoms with Crippen molar-refractivity contribution in [3.63, 3.8) is 0 Å². The van der Waals surface area contributed by atoms with E-state index < -0.39 is 20.5 Å². The maximum atomic E-state index is 12.9. The van der Waals surface area contributed by atoms with Crippen LogP contribution < -0.4 is 0 Å². The highest BCUT2D eigenvalue weighted by atomic mass is 32.5. The molecule has 0 spiro atoms. The number of benzene rings is 1. The molecule has 0 unspecified atom stereocenters. The molecular formula is C13H15B2F5N2S. The van der Waals surface area contributed by atoms with E-state index in [9.17, 15) is 19.4 Å². The highest BCUT2D eigenvalue weighted by molar-refractivity contribution is 8.45. The van der Waals surface area contributed by atoms with Crippen molar-refractivity contribution in [3.8, 4) is 0 Å². The van der Waals surface area contributed by atoms with Crippen LogP contribution in [0.25, 0.3) is 10.9 Å². The van der Waals surface area contributed by atoms with Crippen molar-refractivity contribution >= 4 is 36.8 Å². The second-order valence-electron chi connectivity index (χ2n) is 5.90. The van der Waals surface area contributed by atoms with Crippen molar-refractivity contribution in [3.05, 3.63) is 30.5 Å². The predicted molar refractivity (Wildman–Crippen MR) is 86.0 cm³/mol. The van der Waals surface area contributed by atoms with E-state index in [1.807, 2.05) is 0 Å². The number of fused-ring (bicyclic) bond motifs is 1. The Morgan fingerprint density at radius 3 is 2.13 bits per heavy atom. The van der Waals surface area contributed by atoms with Crippen LogP contribution >= 0.6 is 10.2 Å². The van der Waals surface area contributed by atoms with Crippen LogP contribution in [-0.2, 0) is 5.34 Å². The standard InChI is InChI=1S/C13H15B2F5N2S/c1-9(21(2)3)13(14,15)22-7-6-10-8-11(4-5-12(10)22)23(16,17,18,19)20/h4-9H,1-3H3/t9-/m1/s1. The van der Waals surface area contributed by atoms with Crippen LogP contribution in [0.2, 0.25) is 0 Å². The van der Waals surface area contributed by atoms with Crippen LogP contribution in [0.3, 0.4) is 0 Å². The third-order valence-electron chi connectivity index (χ3n) is 3.97. The Hall–Kier alpha value is -1.15. The van der Waals surface area contributed by atoms with Crippen LogP contribution in [0, 0.1) is 0 Å². The lowest BCUT2D eigenvalue weighted by Crippen LogP contribution is -2.51. The molecule has 23 heavy (non-hydrogen) atoms. The van der Waals surface area contributed by atoms with Gasteiger partial charge in [0.15, 0.2) is 0 Å². The molecule has 0 aliphatic carbocycles. The molecule has 124 valence electrons. The molecule has 2 aromatic rings. The van der Waals surface area contributed by atoms with Gasteiger partial charge in [-0.2, -0.15) is 0 Å². The van der Waals surface area contributed by atoms with Crippen molar-refractivity contribution in [2.75, 3.05) is 14.1 Å². The second kappa shape index (κ2) is 4.47. The minimum atomic E-state index is -9.72. The van der Waals surface area contributed by atoms with Crippen LogP contribution in [0.5, 0.6) is 0 Å². The maximum absolute atomic E-state index is 12.9. The van der Waals surface area contributed by atoms with Gasteiger partial charge in [0.2, 0.25) is 0 Å². The summed E-state index contributed by atoms with van der Waals surface area (Å²) in [5.41, 5.74) is 0.245. The molecule has 2 rings (SSSR count). The highest BCUT2D eigenvalue weighted by Gasteiger charge is 2.65. The van der Waals surface area contributed by atoms with Gasteiger partial charge in [-0.25, -0.2) is 0 Å². The average Bonchev–Trinajstić information content (AvgIpc) is 2.78. The Morgan fingerprint density at radius 2 is 1.65 bits per heavy atom. The van der Waals surface area contributed by atoms with Gasteiger partial charge in [0.25, 0.3) is 0 Å². The summed E-state index contributed by atoms with van der Waals surface area (Å²) in [4.78, 5) is -0.190. The van der Waals surface area contributed by atoms with Crippen LogP contribution in [0.15, 0.2) is 35.4 Å². The van der Waals surface area contributed by atoms with Crippen molar-refractivity contribution in [1.82, 2.24) is 9.47 Å². The number of halogens is 5. The summed E-state index contributed by atoms with van der Waals surface area (Å²) >= 11 is 0. The van der Waals surface area contributed by atoms with Gasteiger partial charge in [-0.1, -0.05) is 19.4 Å². The third-order valence-corrected chi connectivity index (χ3v) is 5.11. The summed E-state index contributed by atoms with van der Waals surface area (Å²) < 4.78 is 65.8. The van der Waals surface area contributed by atoms with Crippen LogP contribution in [0.4, 0.5) is 19.4 Å². The SMILES string of the molecule is [B]C([B])([C@@H](C)N(C)C)n1ccc2cc(S(F)(F)(F)(F)F)ccc21. The van der Waals surface area contributed by atoms with Gasteiger partial charge in [0, 0.05) is 23.1 Å². The lowest BCUT2D eigenvalue weighted by molar-refractivity contribution is 0.254. The monoisotopic (exact) mass is 348 g/mol. The molecule has 0 saturated carbocycles. The fourth-order valence-corrected chi connectivity index (χ4v) is 2.99. The molecule has 0 saturated heterocycles. The van der Waals surface area contributed by atoms with Crippen molar-refractivity contribution in [2.45, 2.75) is 23.2 Å². The van der Waals surface area contributed by atoms with E-state index in [0.29, 0.717) is 12.1 Å². The Bertz CT molecular complexity index is 755. The quantitative estimate of drug-likeness (QED) is 0.594. The number of nitrogens with zero attached hydrogens (tertiary/aromatic N) is 2. The molecule has 0 N–H and O–H groups in total. The normalized spacial score (nSPS) is 18.0. The Balaban J connectivity index is 2.62. The maximum Gasteiger partial charge on any atom is 0.310 e. The van der Waals surface area contributed by atoms with Gasteiger partial charge in [-0.3, -0.25) is 0 Å². The van der Waals surface area contributed by atoms with E-state index >= 15 is 0 Å². The molecule has 1 aromatic carbocycles. The second-order valence-corrected chi connectivity index (χ2v) is 8.31. The Morgan fingerprint density at radius 1 is 1.09 bits per heavy atom. The molecule has 0 amide bonds. The minimum Gasteiger partial charge on any atom is -0.358 e. The van der Waals surface area contributed by atoms with Crippen LogP contribution in [0.1, 0.15) is 6.92 Å². The molecule has 1 aromatic heterocycles. The number of hydrogen-bond acceptors (Lipinski definition) is 1. The van der Waals surface area contributed by atoms with Gasteiger partial charge in [0.05, 0.1) is 15.7 Å². The number of hydrogen-bond donors (Lipinski definition) is 0. The van der Waals surface area contributed by atoms with E-state index in [0.717, 1.165) is 6.07 Å². The van der Waals surface area contributed by atoms with E-state index in [4.69, 9.17) is 15.7 Å². The fraction of sp³-hybridized carbons (Fsp3) is 0.385. The van der Waals surface area contributed by atoms with Gasteiger partial charge < -0.3 is 9.47 Å². The number of aromatic nitrogens is 1. The van der Waals surface area contributed by atoms with E-state index in [-0.39, 0.29) is 16.9 Å². The first-order valence-corrected chi connectivity index (χ1v) is 8.59. The fourth-order valence-electron chi connectivity index (χ4n) is 2.31. The van der Waals surface area contributed by atoms with Crippen molar-refractivity contribution in [1.29, 1.82) is 0 Å².